The second-order valence-electron chi connectivity index (χ2n) is 4.96. The van der Waals surface area contributed by atoms with E-state index in [9.17, 15) is 0 Å². The van der Waals surface area contributed by atoms with Gasteiger partial charge in [0, 0.05) is 37.1 Å². The third kappa shape index (κ3) is 5.15. The molecule has 0 aliphatic heterocycles. The maximum atomic E-state index is 4.44. The summed E-state index contributed by atoms with van der Waals surface area (Å²) in [5.74, 6) is 0. The smallest absolute Gasteiger partial charge is 0.0897 e. The quantitative estimate of drug-likeness (QED) is 0.759. The minimum Gasteiger partial charge on any atom is -0.310 e. The minimum atomic E-state index is 0.610. The van der Waals surface area contributed by atoms with Crippen LogP contribution in [0.25, 0.3) is 0 Å². The van der Waals surface area contributed by atoms with Crippen LogP contribution < -0.4 is 5.32 Å². The van der Waals surface area contributed by atoms with Gasteiger partial charge in [-0.3, -0.25) is 4.90 Å². The zero-order valence-corrected chi connectivity index (χ0v) is 12.5. The highest BCUT2D eigenvalue weighted by Crippen LogP contribution is 2.07. The molecule has 0 saturated heterocycles. The van der Waals surface area contributed by atoms with Crippen LogP contribution in [0.1, 0.15) is 38.4 Å². The number of hydrogen-bond acceptors (Lipinski definition) is 4. The molecular formula is C13H25N3S. The Hall–Kier alpha value is -0.450. The lowest BCUT2D eigenvalue weighted by molar-refractivity contribution is 0.175. The summed E-state index contributed by atoms with van der Waals surface area (Å²) >= 11 is 1.72. The minimum absolute atomic E-state index is 0.610. The van der Waals surface area contributed by atoms with Crippen molar-refractivity contribution in [1.29, 1.82) is 0 Å². The zero-order chi connectivity index (χ0) is 12.8. The van der Waals surface area contributed by atoms with Gasteiger partial charge in [0.05, 0.1) is 10.7 Å². The van der Waals surface area contributed by atoms with Crippen LogP contribution in [0.2, 0.25) is 0 Å². The number of rotatable bonds is 7. The van der Waals surface area contributed by atoms with Crippen LogP contribution in [0, 0.1) is 6.92 Å². The Morgan fingerprint density at radius 1 is 1.29 bits per heavy atom. The van der Waals surface area contributed by atoms with Gasteiger partial charge in [0.2, 0.25) is 0 Å². The molecule has 0 aliphatic rings. The van der Waals surface area contributed by atoms with E-state index in [0.29, 0.717) is 12.1 Å². The Balaban J connectivity index is 2.23. The first-order valence-electron chi connectivity index (χ1n) is 6.38. The second-order valence-corrected chi connectivity index (χ2v) is 6.02. The zero-order valence-electron chi connectivity index (χ0n) is 11.7. The van der Waals surface area contributed by atoms with Gasteiger partial charge in [-0.15, -0.1) is 11.3 Å². The summed E-state index contributed by atoms with van der Waals surface area (Å²) in [7, 11) is 0. The molecule has 0 atom stereocenters. The van der Waals surface area contributed by atoms with E-state index in [0.717, 1.165) is 30.3 Å². The predicted molar refractivity (Wildman–Crippen MR) is 75.5 cm³/mol. The van der Waals surface area contributed by atoms with Crippen molar-refractivity contribution in [2.45, 2.75) is 53.2 Å². The van der Waals surface area contributed by atoms with Crippen LogP contribution in [0.15, 0.2) is 5.38 Å². The molecule has 98 valence electrons. The highest BCUT2D eigenvalue weighted by molar-refractivity contribution is 7.09. The molecule has 3 nitrogen and oxygen atoms in total. The molecule has 0 unspecified atom stereocenters. The van der Waals surface area contributed by atoms with Gasteiger partial charge in [0.1, 0.15) is 0 Å². The number of aromatic nitrogens is 1. The van der Waals surface area contributed by atoms with Crippen molar-refractivity contribution in [3.05, 3.63) is 16.1 Å². The standard InChI is InChI=1S/C13H25N3S/c1-10(2)16(11(3)4)7-6-14-8-13-9-17-12(5)15-13/h9-11,14H,6-8H2,1-5H3. The van der Waals surface area contributed by atoms with Crippen LogP contribution in [-0.2, 0) is 6.54 Å². The van der Waals surface area contributed by atoms with E-state index in [1.165, 1.54) is 0 Å². The van der Waals surface area contributed by atoms with Crippen molar-refractivity contribution in [3.8, 4) is 0 Å². The number of aryl methyl sites for hydroxylation is 1. The van der Waals surface area contributed by atoms with Gasteiger partial charge in [-0.25, -0.2) is 4.98 Å². The third-order valence-corrected chi connectivity index (χ3v) is 3.67. The third-order valence-electron chi connectivity index (χ3n) is 2.85. The normalized spacial score (nSPS) is 12.0. The van der Waals surface area contributed by atoms with E-state index in [1.807, 2.05) is 6.92 Å². The van der Waals surface area contributed by atoms with Gasteiger partial charge in [-0.1, -0.05) is 0 Å². The number of hydrogen-bond donors (Lipinski definition) is 1. The summed E-state index contributed by atoms with van der Waals surface area (Å²) in [6.07, 6.45) is 0. The van der Waals surface area contributed by atoms with E-state index in [2.05, 4.69) is 48.3 Å². The highest BCUT2D eigenvalue weighted by Gasteiger charge is 2.12. The molecule has 1 heterocycles. The second kappa shape index (κ2) is 7.09. The van der Waals surface area contributed by atoms with E-state index < -0.39 is 0 Å². The van der Waals surface area contributed by atoms with Crippen molar-refractivity contribution in [2.24, 2.45) is 0 Å². The molecule has 0 bridgehead atoms. The van der Waals surface area contributed by atoms with E-state index in [1.54, 1.807) is 11.3 Å². The monoisotopic (exact) mass is 255 g/mol. The summed E-state index contributed by atoms with van der Waals surface area (Å²) in [6, 6.07) is 1.22. The SMILES string of the molecule is Cc1nc(CNCCN(C(C)C)C(C)C)cs1. The van der Waals surface area contributed by atoms with Crippen LogP contribution in [-0.4, -0.2) is 35.1 Å². The molecule has 0 aliphatic carbocycles. The topological polar surface area (TPSA) is 28.2 Å². The van der Waals surface area contributed by atoms with Crippen molar-refractivity contribution < 1.29 is 0 Å². The molecule has 17 heavy (non-hydrogen) atoms. The molecule has 0 amide bonds. The van der Waals surface area contributed by atoms with Gasteiger partial charge < -0.3 is 5.32 Å². The van der Waals surface area contributed by atoms with E-state index in [4.69, 9.17) is 0 Å². The average molecular weight is 255 g/mol. The summed E-state index contributed by atoms with van der Waals surface area (Å²) in [4.78, 5) is 6.94. The first-order valence-corrected chi connectivity index (χ1v) is 7.26. The van der Waals surface area contributed by atoms with Gasteiger partial charge in [0.15, 0.2) is 0 Å². The van der Waals surface area contributed by atoms with Crippen molar-refractivity contribution in [1.82, 2.24) is 15.2 Å². The first-order chi connectivity index (χ1) is 8.00. The Morgan fingerprint density at radius 2 is 1.94 bits per heavy atom. The average Bonchev–Trinajstić information content (AvgIpc) is 2.62. The summed E-state index contributed by atoms with van der Waals surface area (Å²) in [5.41, 5.74) is 1.16. The molecule has 0 fully saturated rings. The van der Waals surface area contributed by atoms with Crippen LogP contribution >= 0.6 is 11.3 Å². The van der Waals surface area contributed by atoms with Crippen molar-refractivity contribution in [2.75, 3.05) is 13.1 Å². The molecule has 0 radical (unpaired) electrons. The lowest BCUT2D eigenvalue weighted by Crippen LogP contribution is -2.41. The van der Waals surface area contributed by atoms with Gasteiger partial charge in [-0.05, 0) is 34.6 Å². The molecule has 0 aromatic carbocycles. The maximum absolute atomic E-state index is 4.44. The molecule has 1 rings (SSSR count). The molecule has 0 spiro atoms. The number of nitrogens with zero attached hydrogens (tertiary/aromatic N) is 2. The largest absolute Gasteiger partial charge is 0.310 e. The van der Waals surface area contributed by atoms with Crippen LogP contribution in [0.3, 0.4) is 0 Å². The molecule has 0 saturated carbocycles. The van der Waals surface area contributed by atoms with Crippen LogP contribution in [0.4, 0.5) is 0 Å². The van der Waals surface area contributed by atoms with Crippen LogP contribution in [0.5, 0.6) is 0 Å². The Bertz CT molecular complexity index is 312. The van der Waals surface area contributed by atoms with Crippen molar-refractivity contribution >= 4 is 11.3 Å². The van der Waals surface area contributed by atoms with Gasteiger partial charge in [-0.2, -0.15) is 0 Å². The van der Waals surface area contributed by atoms with E-state index >= 15 is 0 Å². The fraction of sp³-hybridized carbons (Fsp3) is 0.769. The fourth-order valence-corrected chi connectivity index (χ4v) is 2.64. The predicted octanol–water partition coefficient (Wildman–Crippen LogP) is 2.66. The number of nitrogens with one attached hydrogen (secondary N) is 1. The summed E-state index contributed by atoms with van der Waals surface area (Å²) in [5, 5.41) is 6.73. The van der Waals surface area contributed by atoms with Gasteiger partial charge in [0.25, 0.3) is 0 Å². The Labute approximate surface area is 109 Å². The van der Waals surface area contributed by atoms with Crippen molar-refractivity contribution in [3.63, 3.8) is 0 Å². The summed E-state index contributed by atoms with van der Waals surface area (Å²) < 4.78 is 0. The Kier molecular flexibility index (Phi) is 6.09. The lowest BCUT2D eigenvalue weighted by Gasteiger charge is -2.30. The number of thiazole rings is 1. The molecule has 4 heteroatoms. The first kappa shape index (κ1) is 14.6. The summed E-state index contributed by atoms with van der Waals surface area (Å²) in [6.45, 7) is 14.1. The lowest BCUT2D eigenvalue weighted by atomic mass is 10.2. The fourth-order valence-electron chi connectivity index (χ4n) is 2.03. The maximum Gasteiger partial charge on any atom is 0.0897 e. The van der Waals surface area contributed by atoms with E-state index in [-0.39, 0.29) is 0 Å². The highest BCUT2D eigenvalue weighted by atomic mass is 32.1. The molecule has 1 aromatic heterocycles. The van der Waals surface area contributed by atoms with Gasteiger partial charge >= 0.3 is 0 Å². The molecular weight excluding hydrogens is 230 g/mol. The molecule has 1 N–H and O–H groups in total. The molecule has 1 aromatic rings. The Morgan fingerprint density at radius 3 is 2.41 bits per heavy atom.